The van der Waals surface area contributed by atoms with Crippen molar-refractivity contribution >= 4 is 10.0 Å². The first-order chi connectivity index (χ1) is 11.6. The first kappa shape index (κ1) is 16.1. The molecule has 0 atom stereocenters. The number of tetrazole rings is 1. The van der Waals surface area contributed by atoms with Gasteiger partial charge >= 0.3 is 0 Å². The average Bonchev–Trinajstić information content (AvgIpc) is 3.15. The second-order valence-corrected chi connectivity index (χ2v) is 6.69. The summed E-state index contributed by atoms with van der Waals surface area (Å²) >= 11 is 0. The molecule has 1 aromatic heterocycles. The predicted octanol–water partition coefficient (Wildman–Crippen LogP) is 1.15. The van der Waals surface area contributed by atoms with Crippen LogP contribution < -0.4 is 9.46 Å². The largest absolute Gasteiger partial charge is 0.497 e. The molecule has 0 aliphatic carbocycles. The topological polar surface area (TPSA) is 99.0 Å². The Morgan fingerprint density at radius 3 is 2.38 bits per heavy atom. The molecule has 3 aromatic rings. The molecule has 0 radical (unpaired) electrons. The zero-order chi connectivity index (χ0) is 17.0. The van der Waals surface area contributed by atoms with Gasteiger partial charge in [-0.2, -0.15) is 0 Å². The molecule has 0 aliphatic heterocycles. The van der Waals surface area contributed by atoms with E-state index in [4.69, 9.17) is 4.74 Å². The van der Waals surface area contributed by atoms with E-state index in [9.17, 15) is 8.42 Å². The zero-order valence-electron chi connectivity index (χ0n) is 12.8. The highest BCUT2D eigenvalue weighted by atomic mass is 32.2. The van der Waals surface area contributed by atoms with Crippen LogP contribution in [0.2, 0.25) is 0 Å². The third-order valence-electron chi connectivity index (χ3n) is 3.39. The molecule has 0 saturated carbocycles. The Morgan fingerprint density at radius 1 is 1.08 bits per heavy atom. The van der Waals surface area contributed by atoms with Gasteiger partial charge in [-0.25, -0.2) is 17.8 Å². The van der Waals surface area contributed by atoms with Gasteiger partial charge in [0.15, 0.2) is 0 Å². The third kappa shape index (κ3) is 3.58. The van der Waals surface area contributed by atoms with Crippen molar-refractivity contribution in [2.75, 3.05) is 7.11 Å². The van der Waals surface area contributed by atoms with Gasteiger partial charge in [-0.05, 0) is 52.4 Å². The maximum Gasteiger partial charge on any atom is 0.240 e. The zero-order valence-corrected chi connectivity index (χ0v) is 13.6. The lowest BCUT2D eigenvalue weighted by Crippen LogP contribution is -2.23. The van der Waals surface area contributed by atoms with Crippen LogP contribution in [0.3, 0.4) is 0 Å². The first-order valence-corrected chi connectivity index (χ1v) is 8.53. The monoisotopic (exact) mass is 345 g/mol. The highest BCUT2D eigenvalue weighted by Gasteiger charge is 2.14. The Labute approximate surface area is 139 Å². The molecular weight excluding hydrogens is 330 g/mol. The van der Waals surface area contributed by atoms with Crippen molar-refractivity contribution in [2.24, 2.45) is 0 Å². The smallest absolute Gasteiger partial charge is 0.240 e. The molecule has 0 unspecified atom stereocenters. The van der Waals surface area contributed by atoms with E-state index in [1.807, 2.05) is 12.1 Å². The van der Waals surface area contributed by atoms with Crippen LogP contribution in [0.15, 0.2) is 59.8 Å². The molecule has 2 aromatic carbocycles. The van der Waals surface area contributed by atoms with Crippen LogP contribution >= 0.6 is 0 Å². The van der Waals surface area contributed by atoms with Crippen molar-refractivity contribution < 1.29 is 13.2 Å². The minimum Gasteiger partial charge on any atom is -0.497 e. The second-order valence-electron chi connectivity index (χ2n) is 4.92. The summed E-state index contributed by atoms with van der Waals surface area (Å²) in [5, 5.41) is 10.8. The summed E-state index contributed by atoms with van der Waals surface area (Å²) in [6.45, 7) is 0.196. The summed E-state index contributed by atoms with van der Waals surface area (Å²) in [6, 6.07) is 13.5. The molecule has 0 spiro atoms. The van der Waals surface area contributed by atoms with Gasteiger partial charge in [0.05, 0.1) is 17.7 Å². The van der Waals surface area contributed by atoms with Crippen LogP contribution in [0, 0.1) is 0 Å². The fourth-order valence-electron chi connectivity index (χ4n) is 2.06. The number of nitrogens with zero attached hydrogens (tertiary/aromatic N) is 4. The minimum atomic E-state index is -3.60. The Balaban J connectivity index is 1.70. The number of aromatic nitrogens is 4. The lowest BCUT2D eigenvalue weighted by atomic mass is 10.2. The number of hydrogen-bond acceptors (Lipinski definition) is 6. The summed E-state index contributed by atoms with van der Waals surface area (Å²) < 4.78 is 33.8. The van der Waals surface area contributed by atoms with Crippen molar-refractivity contribution in [3.8, 4) is 11.4 Å². The normalized spacial score (nSPS) is 11.4. The molecule has 1 N–H and O–H groups in total. The molecule has 3 rings (SSSR count). The predicted molar refractivity (Wildman–Crippen MR) is 86.2 cm³/mol. The van der Waals surface area contributed by atoms with Gasteiger partial charge < -0.3 is 4.74 Å². The van der Waals surface area contributed by atoms with Gasteiger partial charge in [0.25, 0.3) is 0 Å². The number of benzene rings is 2. The fraction of sp³-hybridized carbons (Fsp3) is 0.133. The molecule has 124 valence electrons. The van der Waals surface area contributed by atoms with E-state index in [0.717, 1.165) is 11.3 Å². The van der Waals surface area contributed by atoms with Gasteiger partial charge in [-0.15, -0.1) is 5.10 Å². The van der Waals surface area contributed by atoms with E-state index < -0.39 is 10.0 Å². The Morgan fingerprint density at radius 2 is 1.79 bits per heavy atom. The van der Waals surface area contributed by atoms with Gasteiger partial charge in [0.1, 0.15) is 12.1 Å². The Hall–Kier alpha value is -2.78. The highest BCUT2D eigenvalue weighted by Crippen LogP contribution is 2.14. The molecule has 0 bridgehead atoms. The molecule has 1 heterocycles. The molecule has 0 fully saturated rings. The van der Waals surface area contributed by atoms with Crippen LogP contribution in [-0.2, 0) is 16.6 Å². The second kappa shape index (κ2) is 6.77. The van der Waals surface area contributed by atoms with Crippen molar-refractivity contribution in [2.45, 2.75) is 11.4 Å². The number of hydrogen-bond donors (Lipinski definition) is 1. The summed E-state index contributed by atoms with van der Waals surface area (Å²) in [5.74, 6) is 0.722. The van der Waals surface area contributed by atoms with E-state index in [0.29, 0.717) is 5.69 Å². The molecular formula is C15H15N5O3S. The SMILES string of the molecule is COc1ccc(CNS(=O)(=O)c2ccc(-n3cnnn3)cc2)cc1. The van der Waals surface area contributed by atoms with Crippen LogP contribution in [0.25, 0.3) is 5.69 Å². The summed E-state index contributed by atoms with van der Waals surface area (Å²) in [4.78, 5) is 0.174. The molecule has 9 heteroatoms. The van der Waals surface area contributed by atoms with Crippen molar-refractivity contribution in [1.82, 2.24) is 24.9 Å². The summed E-state index contributed by atoms with van der Waals surface area (Å²) in [6.07, 6.45) is 1.44. The molecule has 0 amide bonds. The third-order valence-corrected chi connectivity index (χ3v) is 4.80. The maximum absolute atomic E-state index is 12.3. The van der Waals surface area contributed by atoms with E-state index in [1.165, 1.54) is 23.1 Å². The number of methoxy groups -OCH3 is 1. The highest BCUT2D eigenvalue weighted by molar-refractivity contribution is 7.89. The van der Waals surface area contributed by atoms with E-state index in [2.05, 4.69) is 20.2 Å². The van der Waals surface area contributed by atoms with Crippen molar-refractivity contribution in [1.29, 1.82) is 0 Å². The number of nitrogens with one attached hydrogen (secondary N) is 1. The van der Waals surface area contributed by atoms with Crippen LogP contribution in [0.4, 0.5) is 0 Å². The van der Waals surface area contributed by atoms with Crippen LogP contribution in [-0.4, -0.2) is 35.7 Å². The standard InChI is InChI=1S/C15H15N5O3S/c1-23-14-6-2-12(3-7-14)10-17-24(21,22)15-8-4-13(5-9-15)20-11-16-18-19-20/h2-9,11,17H,10H2,1H3. The molecule has 0 saturated heterocycles. The van der Waals surface area contributed by atoms with Crippen LogP contribution in [0.5, 0.6) is 5.75 Å². The van der Waals surface area contributed by atoms with Crippen LogP contribution in [0.1, 0.15) is 5.56 Å². The van der Waals surface area contributed by atoms with E-state index in [-0.39, 0.29) is 11.4 Å². The van der Waals surface area contributed by atoms with Gasteiger partial charge in [-0.3, -0.25) is 0 Å². The van der Waals surface area contributed by atoms with E-state index in [1.54, 1.807) is 31.4 Å². The fourth-order valence-corrected chi connectivity index (χ4v) is 3.08. The van der Waals surface area contributed by atoms with Gasteiger partial charge in [0.2, 0.25) is 10.0 Å². The summed E-state index contributed by atoms with van der Waals surface area (Å²) in [7, 11) is -2.02. The summed E-state index contributed by atoms with van der Waals surface area (Å²) in [5.41, 5.74) is 1.51. The molecule has 0 aliphatic rings. The molecule has 8 nitrogen and oxygen atoms in total. The average molecular weight is 345 g/mol. The lowest BCUT2D eigenvalue weighted by Gasteiger charge is -2.08. The Kier molecular flexibility index (Phi) is 4.54. The number of rotatable bonds is 6. The van der Waals surface area contributed by atoms with Gasteiger partial charge in [0, 0.05) is 6.54 Å². The first-order valence-electron chi connectivity index (χ1n) is 7.04. The molecule has 24 heavy (non-hydrogen) atoms. The lowest BCUT2D eigenvalue weighted by molar-refractivity contribution is 0.414. The maximum atomic E-state index is 12.3. The number of sulfonamides is 1. The Bertz CT molecular complexity index is 891. The number of ether oxygens (including phenoxy) is 1. The van der Waals surface area contributed by atoms with Crippen molar-refractivity contribution in [3.05, 3.63) is 60.4 Å². The van der Waals surface area contributed by atoms with E-state index >= 15 is 0 Å². The minimum absolute atomic E-state index is 0.174. The quantitative estimate of drug-likeness (QED) is 0.719. The van der Waals surface area contributed by atoms with Gasteiger partial charge in [-0.1, -0.05) is 12.1 Å². The van der Waals surface area contributed by atoms with Crippen molar-refractivity contribution in [3.63, 3.8) is 0 Å².